The van der Waals surface area contributed by atoms with Gasteiger partial charge in [-0.05, 0) is 49.7 Å². The molecule has 24 heavy (non-hydrogen) atoms. The monoisotopic (exact) mass is 318 g/mol. The molecule has 3 nitrogen and oxygen atoms in total. The lowest BCUT2D eigenvalue weighted by Gasteiger charge is -2.07. The molecule has 0 spiro atoms. The molecule has 3 heteroatoms. The molecule has 0 amide bonds. The van der Waals surface area contributed by atoms with Gasteiger partial charge in [0.1, 0.15) is 17.1 Å². The Morgan fingerprint density at radius 1 is 1.12 bits per heavy atom. The van der Waals surface area contributed by atoms with Crippen molar-refractivity contribution in [2.45, 2.75) is 19.8 Å². The number of ether oxygens (including phenoxy) is 1. The fraction of sp³-hybridized carbons (Fsp3) is 0.190. The van der Waals surface area contributed by atoms with Crippen molar-refractivity contribution >= 4 is 11.0 Å². The van der Waals surface area contributed by atoms with E-state index < -0.39 is 0 Å². The van der Waals surface area contributed by atoms with Gasteiger partial charge >= 0.3 is 0 Å². The fourth-order valence-corrected chi connectivity index (χ4v) is 2.49. The zero-order valence-corrected chi connectivity index (χ0v) is 13.5. The standard InChI is InChI=1S/C21H18O3/c1-3-4-5-12-23-17-9-7-16(8-10-17)21-14-19(22)18-13-15(2)6-11-20(18)24-21/h1,6-11,13-14H,4-5,12H2,2H3. The molecule has 0 saturated heterocycles. The zero-order valence-electron chi connectivity index (χ0n) is 13.5. The molecule has 0 aliphatic heterocycles. The summed E-state index contributed by atoms with van der Waals surface area (Å²) in [5.41, 5.74) is 2.43. The van der Waals surface area contributed by atoms with Crippen LogP contribution in [0.25, 0.3) is 22.3 Å². The van der Waals surface area contributed by atoms with E-state index in [1.165, 1.54) is 6.07 Å². The molecule has 120 valence electrons. The van der Waals surface area contributed by atoms with Crippen molar-refractivity contribution in [3.05, 3.63) is 64.3 Å². The molecule has 0 aliphatic rings. The van der Waals surface area contributed by atoms with E-state index in [2.05, 4.69) is 5.92 Å². The summed E-state index contributed by atoms with van der Waals surface area (Å²) in [5.74, 6) is 3.91. The number of unbranched alkanes of at least 4 members (excludes halogenated alkanes) is 1. The maximum atomic E-state index is 12.3. The van der Waals surface area contributed by atoms with E-state index in [9.17, 15) is 4.79 Å². The first-order chi connectivity index (χ1) is 11.7. The van der Waals surface area contributed by atoms with Gasteiger partial charge in [0, 0.05) is 18.1 Å². The molecule has 0 aliphatic carbocycles. The lowest BCUT2D eigenvalue weighted by molar-refractivity contribution is 0.313. The van der Waals surface area contributed by atoms with Crippen LogP contribution in [0.4, 0.5) is 0 Å². The molecule has 0 atom stereocenters. The van der Waals surface area contributed by atoms with Crippen molar-refractivity contribution < 1.29 is 9.15 Å². The minimum atomic E-state index is -0.0374. The molecule has 3 aromatic rings. The molecule has 0 bridgehead atoms. The van der Waals surface area contributed by atoms with Crippen LogP contribution in [-0.4, -0.2) is 6.61 Å². The Kier molecular flexibility index (Phi) is 4.67. The van der Waals surface area contributed by atoms with Gasteiger partial charge in [-0.15, -0.1) is 12.3 Å². The van der Waals surface area contributed by atoms with Crippen LogP contribution in [0.1, 0.15) is 18.4 Å². The molecule has 0 fully saturated rings. The van der Waals surface area contributed by atoms with Crippen LogP contribution in [0, 0.1) is 19.3 Å². The quantitative estimate of drug-likeness (QED) is 0.511. The smallest absolute Gasteiger partial charge is 0.193 e. The second-order valence-corrected chi connectivity index (χ2v) is 5.66. The molecule has 0 unspecified atom stereocenters. The first-order valence-electron chi connectivity index (χ1n) is 7.88. The number of rotatable bonds is 5. The lowest BCUT2D eigenvalue weighted by atomic mass is 10.1. The van der Waals surface area contributed by atoms with Crippen LogP contribution in [0.3, 0.4) is 0 Å². The van der Waals surface area contributed by atoms with Crippen molar-refractivity contribution in [2.75, 3.05) is 6.61 Å². The van der Waals surface area contributed by atoms with Crippen molar-refractivity contribution in [3.8, 4) is 29.4 Å². The van der Waals surface area contributed by atoms with E-state index in [0.717, 1.165) is 23.3 Å². The summed E-state index contributed by atoms with van der Waals surface area (Å²) in [4.78, 5) is 12.3. The Morgan fingerprint density at radius 3 is 2.67 bits per heavy atom. The van der Waals surface area contributed by atoms with Crippen molar-refractivity contribution in [3.63, 3.8) is 0 Å². The molecule has 0 radical (unpaired) electrons. The first-order valence-corrected chi connectivity index (χ1v) is 7.88. The predicted molar refractivity (Wildman–Crippen MR) is 96.2 cm³/mol. The average Bonchev–Trinajstić information content (AvgIpc) is 2.60. The van der Waals surface area contributed by atoms with Crippen LogP contribution >= 0.6 is 0 Å². The maximum Gasteiger partial charge on any atom is 0.193 e. The first kappa shape index (κ1) is 15.9. The van der Waals surface area contributed by atoms with Crippen LogP contribution in [0.15, 0.2) is 57.7 Å². The highest BCUT2D eigenvalue weighted by atomic mass is 16.5. The Balaban J connectivity index is 1.84. The molecular formula is C21H18O3. The highest BCUT2D eigenvalue weighted by Crippen LogP contribution is 2.24. The van der Waals surface area contributed by atoms with Gasteiger partial charge in [-0.3, -0.25) is 4.79 Å². The molecular weight excluding hydrogens is 300 g/mol. The van der Waals surface area contributed by atoms with E-state index in [1.54, 1.807) is 0 Å². The average molecular weight is 318 g/mol. The van der Waals surface area contributed by atoms with Gasteiger partial charge in [0.15, 0.2) is 5.43 Å². The Hall–Kier alpha value is -2.99. The predicted octanol–water partition coefficient (Wildman–Crippen LogP) is 4.56. The van der Waals surface area contributed by atoms with Crippen molar-refractivity contribution in [1.29, 1.82) is 0 Å². The highest BCUT2D eigenvalue weighted by molar-refractivity contribution is 5.79. The van der Waals surface area contributed by atoms with Gasteiger partial charge in [0.25, 0.3) is 0 Å². The Labute approximate surface area is 140 Å². The van der Waals surface area contributed by atoms with Gasteiger partial charge in [0.05, 0.1) is 12.0 Å². The minimum Gasteiger partial charge on any atom is -0.494 e. The van der Waals surface area contributed by atoms with Crippen LogP contribution in [0.2, 0.25) is 0 Å². The minimum absolute atomic E-state index is 0.0374. The Morgan fingerprint density at radius 2 is 1.92 bits per heavy atom. The molecule has 1 aromatic heterocycles. The third-order valence-corrected chi connectivity index (χ3v) is 3.76. The summed E-state index contributed by atoms with van der Waals surface area (Å²) in [6.45, 7) is 2.54. The third-order valence-electron chi connectivity index (χ3n) is 3.76. The topological polar surface area (TPSA) is 39.4 Å². The molecule has 2 aromatic carbocycles. The van der Waals surface area contributed by atoms with E-state index in [1.807, 2.05) is 49.4 Å². The van der Waals surface area contributed by atoms with Gasteiger partial charge < -0.3 is 9.15 Å². The summed E-state index contributed by atoms with van der Waals surface area (Å²) in [5, 5.41) is 0.604. The summed E-state index contributed by atoms with van der Waals surface area (Å²) in [6, 6.07) is 14.6. The SMILES string of the molecule is C#CCCCOc1ccc(-c2cc(=O)c3cc(C)ccc3o2)cc1. The number of terminal acetylenes is 1. The van der Waals surface area contributed by atoms with Crippen LogP contribution < -0.4 is 10.2 Å². The summed E-state index contributed by atoms with van der Waals surface area (Å²) in [7, 11) is 0. The highest BCUT2D eigenvalue weighted by Gasteiger charge is 2.07. The van der Waals surface area contributed by atoms with Crippen LogP contribution in [-0.2, 0) is 0 Å². The molecule has 0 saturated carbocycles. The maximum absolute atomic E-state index is 12.3. The molecule has 1 heterocycles. The second kappa shape index (κ2) is 7.06. The summed E-state index contributed by atoms with van der Waals surface area (Å²) >= 11 is 0. The zero-order chi connectivity index (χ0) is 16.9. The number of hydrogen-bond acceptors (Lipinski definition) is 3. The Bertz CT molecular complexity index is 943. The number of aryl methyl sites for hydroxylation is 1. The van der Waals surface area contributed by atoms with Gasteiger partial charge in [-0.2, -0.15) is 0 Å². The lowest BCUT2D eigenvalue weighted by Crippen LogP contribution is -2.00. The van der Waals surface area contributed by atoms with Crippen molar-refractivity contribution in [2.24, 2.45) is 0 Å². The van der Waals surface area contributed by atoms with Gasteiger partial charge in [-0.25, -0.2) is 0 Å². The van der Waals surface area contributed by atoms with Gasteiger partial charge in [-0.1, -0.05) is 11.6 Å². The summed E-state index contributed by atoms with van der Waals surface area (Å²) in [6.07, 6.45) is 6.75. The fourth-order valence-electron chi connectivity index (χ4n) is 2.49. The summed E-state index contributed by atoms with van der Waals surface area (Å²) < 4.78 is 11.5. The van der Waals surface area contributed by atoms with E-state index in [-0.39, 0.29) is 5.43 Å². The van der Waals surface area contributed by atoms with Crippen molar-refractivity contribution in [1.82, 2.24) is 0 Å². The van der Waals surface area contributed by atoms with E-state index >= 15 is 0 Å². The van der Waals surface area contributed by atoms with Crippen LogP contribution in [0.5, 0.6) is 5.75 Å². The number of fused-ring (bicyclic) bond motifs is 1. The third kappa shape index (κ3) is 3.49. The van der Waals surface area contributed by atoms with E-state index in [0.29, 0.717) is 29.8 Å². The largest absolute Gasteiger partial charge is 0.494 e. The normalized spacial score (nSPS) is 10.5. The van der Waals surface area contributed by atoms with Gasteiger partial charge in [0.2, 0.25) is 0 Å². The number of benzene rings is 2. The molecule has 0 N–H and O–H groups in total. The second-order valence-electron chi connectivity index (χ2n) is 5.66. The molecule has 3 rings (SSSR count). The van der Waals surface area contributed by atoms with E-state index in [4.69, 9.17) is 15.6 Å². The number of hydrogen-bond donors (Lipinski definition) is 0.